The van der Waals surface area contributed by atoms with E-state index in [-0.39, 0.29) is 0 Å². The number of benzene rings is 1. The maximum atomic E-state index is 5.19. The summed E-state index contributed by atoms with van der Waals surface area (Å²) in [7, 11) is 1.71. The van der Waals surface area contributed by atoms with Crippen molar-refractivity contribution in [2.24, 2.45) is 0 Å². The van der Waals surface area contributed by atoms with Crippen LogP contribution in [0.5, 0.6) is 5.75 Å². The van der Waals surface area contributed by atoms with Crippen LogP contribution in [-0.4, -0.2) is 13.2 Å². The molecule has 0 spiro atoms. The maximum absolute atomic E-state index is 5.19. The highest BCUT2D eigenvalue weighted by Gasteiger charge is 2.09. The highest BCUT2D eigenvalue weighted by Crippen LogP contribution is 2.18. The summed E-state index contributed by atoms with van der Waals surface area (Å²) in [5.74, 6) is 0.921. The fourth-order valence-corrected chi connectivity index (χ4v) is 2.55. The van der Waals surface area contributed by atoms with E-state index in [1.165, 1.54) is 44.1 Å². The highest BCUT2D eigenvalue weighted by molar-refractivity contribution is 5.28. The molecule has 2 atom stereocenters. The quantitative estimate of drug-likeness (QED) is 0.601. The molecule has 0 fully saturated rings. The summed E-state index contributed by atoms with van der Waals surface area (Å²) in [6, 6.07) is 9.32. The Morgan fingerprint density at radius 1 is 1.00 bits per heavy atom. The lowest BCUT2D eigenvalue weighted by Crippen LogP contribution is -2.28. The van der Waals surface area contributed by atoms with Crippen LogP contribution in [0.1, 0.15) is 70.9 Å². The molecule has 0 aliphatic rings. The van der Waals surface area contributed by atoms with E-state index in [0.717, 1.165) is 5.75 Å². The molecular weight excluding hydrogens is 246 g/mol. The average Bonchev–Trinajstić information content (AvgIpc) is 2.47. The van der Waals surface area contributed by atoms with Crippen LogP contribution in [0.3, 0.4) is 0 Å². The van der Waals surface area contributed by atoms with Gasteiger partial charge in [-0.25, -0.2) is 0 Å². The van der Waals surface area contributed by atoms with Crippen molar-refractivity contribution in [2.45, 2.75) is 71.4 Å². The van der Waals surface area contributed by atoms with Crippen LogP contribution >= 0.6 is 0 Å². The number of hydrogen-bond acceptors (Lipinski definition) is 2. The van der Waals surface area contributed by atoms with Gasteiger partial charge in [0.1, 0.15) is 5.75 Å². The number of ether oxygens (including phenoxy) is 1. The highest BCUT2D eigenvalue weighted by atomic mass is 16.5. The van der Waals surface area contributed by atoms with Crippen LogP contribution in [0, 0.1) is 0 Å². The molecule has 114 valence electrons. The molecule has 1 unspecified atom stereocenters. The topological polar surface area (TPSA) is 21.3 Å². The second-order valence-electron chi connectivity index (χ2n) is 5.77. The normalized spacial score (nSPS) is 14.0. The molecule has 1 aromatic carbocycles. The maximum Gasteiger partial charge on any atom is 0.118 e. The van der Waals surface area contributed by atoms with Gasteiger partial charge in [0, 0.05) is 12.1 Å². The van der Waals surface area contributed by atoms with E-state index in [9.17, 15) is 0 Å². The number of hydrogen-bond donors (Lipinski definition) is 1. The Balaban J connectivity index is 2.27. The van der Waals surface area contributed by atoms with Crippen LogP contribution in [-0.2, 0) is 0 Å². The first-order valence-electron chi connectivity index (χ1n) is 8.07. The molecule has 0 saturated heterocycles. The van der Waals surface area contributed by atoms with Gasteiger partial charge >= 0.3 is 0 Å². The Kier molecular flexibility index (Phi) is 8.36. The smallest absolute Gasteiger partial charge is 0.118 e. The minimum absolute atomic E-state index is 0.395. The van der Waals surface area contributed by atoms with Gasteiger partial charge in [-0.2, -0.15) is 0 Å². The summed E-state index contributed by atoms with van der Waals surface area (Å²) in [5, 5.41) is 3.68. The van der Waals surface area contributed by atoms with Crippen LogP contribution < -0.4 is 10.1 Å². The summed E-state index contributed by atoms with van der Waals surface area (Å²) in [4.78, 5) is 0. The summed E-state index contributed by atoms with van der Waals surface area (Å²) < 4.78 is 5.19. The third-order valence-corrected chi connectivity index (χ3v) is 3.89. The molecule has 0 radical (unpaired) electrons. The monoisotopic (exact) mass is 277 g/mol. The number of rotatable bonds is 10. The second-order valence-corrected chi connectivity index (χ2v) is 5.77. The fourth-order valence-electron chi connectivity index (χ4n) is 2.55. The minimum Gasteiger partial charge on any atom is -0.497 e. The van der Waals surface area contributed by atoms with Gasteiger partial charge in [0.15, 0.2) is 0 Å². The van der Waals surface area contributed by atoms with Crippen molar-refractivity contribution in [3.8, 4) is 5.75 Å². The van der Waals surface area contributed by atoms with Crippen molar-refractivity contribution < 1.29 is 4.74 Å². The van der Waals surface area contributed by atoms with Gasteiger partial charge in [0.25, 0.3) is 0 Å². The molecule has 2 heteroatoms. The number of methoxy groups -OCH3 is 1. The molecular formula is C18H31NO. The Hall–Kier alpha value is -1.02. The predicted molar refractivity (Wildman–Crippen MR) is 87.4 cm³/mol. The van der Waals surface area contributed by atoms with Crippen LogP contribution in [0.15, 0.2) is 24.3 Å². The van der Waals surface area contributed by atoms with Gasteiger partial charge in [0.05, 0.1) is 7.11 Å². The van der Waals surface area contributed by atoms with Gasteiger partial charge in [-0.1, -0.05) is 51.2 Å². The first-order chi connectivity index (χ1) is 9.67. The molecule has 0 amide bonds. The molecule has 0 heterocycles. The SMILES string of the molecule is CCCCCCCC(C)N[C@@H](C)c1ccc(OC)cc1. The van der Waals surface area contributed by atoms with Crippen molar-refractivity contribution in [3.05, 3.63) is 29.8 Å². The Labute approximate surface area is 124 Å². The van der Waals surface area contributed by atoms with E-state index < -0.39 is 0 Å². The van der Waals surface area contributed by atoms with Gasteiger partial charge in [-0.05, 0) is 38.0 Å². The molecule has 20 heavy (non-hydrogen) atoms. The zero-order valence-electron chi connectivity index (χ0n) is 13.6. The first kappa shape index (κ1) is 17.0. The van der Waals surface area contributed by atoms with E-state index >= 15 is 0 Å². The standard InChI is InChI=1S/C18H31NO/c1-5-6-7-8-9-10-15(2)19-16(3)17-11-13-18(20-4)14-12-17/h11-16,19H,5-10H2,1-4H3/t15?,16-/m0/s1. The number of unbranched alkanes of at least 4 members (excludes halogenated alkanes) is 4. The fraction of sp³-hybridized carbons (Fsp3) is 0.667. The van der Waals surface area contributed by atoms with Gasteiger partial charge in [-0.3, -0.25) is 0 Å². The van der Waals surface area contributed by atoms with Crippen LogP contribution in [0.4, 0.5) is 0 Å². The lowest BCUT2D eigenvalue weighted by Gasteiger charge is -2.20. The van der Waals surface area contributed by atoms with Crippen molar-refractivity contribution in [3.63, 3.8) is 0 Å². The van der Waals surface area contributed by atoms with Gasteiger partial charge in [0.2, 0.25) is 0 Å². The Morgan fingerprint density at radius 2 is 1.65 bits per heavy atom. The molecule has 0 aromatic heterocycles. The second kappa shape index (κ2) is 9.82. The van der Waals surface area contributed by atoms with E-state index in [4.69, 9.17) is 4.74 Å². The zero-order valence-corrected chi connectivity index (χ0v) is 13.6. The Morgan fingerprint density at radius 3 is 2.25 bits per heavy atom. The average molecular weight is 277 g/mol. The summed E-state index contributed by atoms with van der Waals surface area (Å²) in [6.07, 6.45) is 8.06. The third-order valence-electron chi connectivity index (χ3n) is 3.89. The Bertz CT molecular complexity index is 347. The lowest BCUT2D eigenvalue weighted by molar-refractivity contribution is 0.413. The van der Waals surface area contributed by atoms with E-state index in [2.05, 4.69) is 38.2 Å². The zero-order chi connectivity index (χ0) is 14.8. The van der Waals surface area contributed by atoms with Crippen molar-refractivity contribution >= 4 is 0 Å². The molecule has 0 aliphatic heterocycles. The molecule has 0 aliphatic carbocycles. The molecule has 1 aromatic rings. The van der Waals surface area contributed by atoms with E-state index in [0.29, 0.717) is 12.1 Å². The molecule has 0 bridgehead atoms. The molecule has 0 saturated carbocycles. The third kappa shape index (κ3) is 6.42. The van der Waals surface area contributed by atoms with E-state index in [1.807, 2.05) is 12.1 Å². The largest absolute Gasteiger partial charge is 0.497 e. The summed E-state index contributed by atoms with van der Waals surface area (Å²) in [6.45, 7) is 6.79. The first-order valence-corrected chi connectivity index (χ1v) is 8.07. The van der Waals surface area contributed by atoms with Gasteiger partial charge < -0.3 is 10.1 Å². The summed E-state index contributed by atoms with van der Waals surface area (Å²) >= 11 is 0. The molecule has 2 nitrogen and oxygen atoms in total. The predicted octanol–water partition coefficient (Wildman–Crippen LogP) is 5.09. The van der Waals surface area contributed by atoms with Crippen molar-refractivity contribution in [2.75, 3.05) is 7.11 Å². The minimum atomic E-state index is 0.395. The van der Waals surface area contributed by atoms with Crippen LogP contribution in [0.2, 0.25) is 0 Å². The lowest BCUT2D eigenvalue weighted by atomic mass is 10.0. The molecule has 1 N–H and O–H groups in total. The van der Waals surface area contributed by atoms with Gasteiger partial charge in [-0.15, -0.1) is 0 Å². The summed E-state index contributed by atoms with van der Waals surface area (Å²) in [5.41, 5.74) is 1.32. The number of nitrogens with one attached hydrogen (secondary N) is 1. The van der Waals surface area contributed by atoms with Crippen molar-refractivity contribution in [1.29, 1.82) is 0 Å². The van der Waals surface area contributed by atoms with E-state index in [1.54, 1.807) is 7.11 Å². The van der Waals surface area contributed by atoms with Crippen molar-refractivity contribution in [1.82, 2.24) is 5.32 Å². The van der Waals surface area contributed by atoms with Crippen LogP contribution in [0.25, 0.3) is 0 Å². The molecule has 1 rings (SSSR count).